The number of nitrogens with zero attached hydrogens (tertiary/aromatic N) is 2. The first kappa shape index (κ1) is 19.8. The van der Waals surface area contributed by atoms with E-state index in [1.807, 2.05) is 47.5 Å². The highest BCUT2D eigenvalue weighted by atomic mass is 19.3. The molecule has 6 nitrogen and oxygen atoms in total. The third kappa shape index (κ3) is 3.51. The molecular formula is C25H20F2N2O4. The van der Waals surface area contributed by atoms with Gasteiger partial charge in [0.05, 0.1) is 17.3 Å². The molecule has 0 bridgehead atoms. The number of benzene rings is 3. The van der Waals surface area contributed by atoms with Gasteiger partial charge in [0.15, 0.2) is 11.5 Å². The molecule has 3 heterocycles. The third-order valence-corrected chi connectivity index (χ3v) is 5.98. The number of hydrogen-bond acceptors (Lipinski definition) is 6. The molecule has 3 aliphatic rings. The molecule has 0 amide bonds. The van der Waals surface area contributed by atoms with E-state index in [2.05, 4.69) is 0 Å². The summed E-state index contributed by atoms with van der Waals surface area (Å²) in [4.78, 5) is 0. The van der Waals surface area contributed by atoms with Gasteiger partial charge in [0.2, 0.25) is 6.23 Å². The summed E-state index contributed by atoms with van der Waals surface area (Å²) in [7, 11) is 0. The highest BCUT2D eigenvalue weighted by molar-refractivity contribution is 6.02. The van der Waals surface area contributed by atoms with E-state index in [1.165, 1.54) is 6.07 Å². The van der Waals surface area contributed by atoms with E-state index in [0.29, 0.717) is 42.4 Å². The monoisotopic (exact) mass is 450 g/mol. The van der Waals surface area contributed by atoms with Crippen molar-refractivity contribution >= 4 is 5.71 Å². The number of rotatable bonds is 4. The molecule has 0 spiro atoms. The third-order valence-electron chi connectivity index (χ3n) is 5.98. The quantitative estimate of drug-likeness (QED) is 0.540. The van der Waals surface area contributed by atoms with Crippen LogP contribution in [0.5, 0.6) is 23.0 Å². The maximum atomic E-state index is 13.1. The number of fused-ring (bicyclic) bond motifs is 4. The molecule has 3 aliphatic heterocycles. The molecule has 0 saturated heterocycles. The van der Waals surface area contributed by atoms with Crippen molar-refractivity contribution in [1.82, 2.24) is 5.01 Å². The molecule has 0 aliphatic carbocycles. The van der Waals surface area contributed by atoms with Crippen molar-refractivity contribution in [2.75, 3.05) is 13.2 Å². The Morgan fingerprint density at radius 2 is 1.64 bits per heavy atom. The van der Waals surface area contributed by atoms with Crippen LogP contribution < -0.4 is 18.9 Å². The molecule has 33 heavy (non-hydrogen) atoms. The lowest BCUT2D eigenvalue weighted by Gasteiger charge is -2.38. The Balaban J connectivity index is 1.42. The maximum Gasteiger partial charge on any atom is 0.387 e. The first-order valence-electron chi connectivity index (χ1n) is 10.7. The van der Waals surface area contributed by atoms with Crippen LogP contribution in [0.2, 0.25) is 0 Å². The van der Waals surface area contributed by atoms with Crippen molar-refractivity contribution in [3.8, 4) is 23.0 Å². The lowest BCUT2D eigenvalue weighted by Crippen LogP contribution is -2.34. The number of halogens is 2. The fourth-order valence-corrected chi connectivity index (χ4v) is 4.52. The number of ether oxygens (including phenoxy) is 4. The summed E-state index contributed by atoms with van der Waals surface area (Å²) in [6.45, 7) is -1.91. The molecule has 8 heteroatoms. The van der Waals surface area contributed by atoms with Crippen molar-refractivity contribution in [1.29, 1.82) is 0 Å². The van der Waals surface area contributed by atoms with Gasteiger partial charge < -0.3 is 18.9 Å². The second-order valence-electron chi connectivity index (χ2n) is 7.93. The zero-order valence-corrected chi connectivity index (χ0v) is 17.5. The topological polar surface area (TPSA) is 52.5 Å². The molecule has 168 valence electrons. The van der Waals surface area contributed by atoms with Gasteiger partial charge in [-0.05, 0) is 36.4 Å². The van der Waals surface area contributed by atoms with Crippen molar-refractivity contribution in [2.24, 2.45) is 5.10 Å². The molecule has 0 aromatic heterocycles. The summed E-state index contributed by atoms with van der Waals surface area (Å²) in [5.41, 5.74) is 3.26. The van der Waals surface area contributed by atoms with Gasteiger partial charge in [0.1, 0.15) is 24.7 Å². The normalized spacial score (nSPS) is 20.6. The molecule has 0 saturated carbocycles. The molecule has 0 unspecified atom stereocenters. The van der Waals surface area contributed by atoms with E-state index >= 15 is 0 Å². The number of hydrogen-bond donors (Lipinski definition) is 0. The summed E-state index contributed by atoms with van der Waals surface area (Å²) < 4.78 is 48.6. The van der Waals surface area contributed by atoms with Gasteiger partial charge in [0, 0.05) is 17.5 Å². The summed E-state index contributed by atoms with van der Waals surface area (Å²) in [5, 5.41) is 6.73. The molecule has 3 aromatic rings. The van der Waals surface area contributed by atoms with Crippen molar-refractivity contribution in [3.05, 3.63) is 83.4 Å². The summed E-state index contributed by atoms with van der Waals surface area (Å²) in [5.74, 6) is 2.17. The Morgan fingerprint density at radius 1 is 0.879 bits per heavy atom. The zero-order chi connectivity index (χ0) is 22.4. The Bertz CT molecular complexity index is 1230. The molecule has 2 atom stereocenters. The van der Waals surface area contributed by atoms with Crippen molar-refractivity contribution in [3.63, 3.8) is 0 Å². The van der Waals surface area contributed by atoms with Crippen LogP contribution in [0.25, 0.3) is 0 Å². The van der Waals surface area contributed by atoms with Crippen LogP contribution >= 0.6 is 0 Å². The van der Waals surface area contributed by atoms with Crippen LogP contribution in [0, 0.1) is 0 Å². The lowest BCUT2D eigenvalue weighted by molar-refractivity contribution is -0.0578. The SMILES string of the molecule is FC(F)Oc1ccccc1[C@H]1Oc2ccccc2[C@@H]2CC(c3ccc4c(c3)OCCO4)=NN12. The van der Waals surface area contributed by atoms with E-state index in [1.54, 1.807) is 18.2 Å². The van der Waals surface area contributed by atoms with Gasteiger partial charge in [-0.2, -0.15) is 13.9 Å². The maximum absolute atomic E-state index is 13.1. The molecule has 6 rings (SSSR count). The Kier molecular flexibility index (Phi) is 4.78. The molecule has 0 fully saturated rings. The predicted octanol–water partition coefficient (Wildman–Crippen LogP) is 5.30. The van der Waals surface area contributed by atoms with Crippen LogP contribution in [-0.2, 0) is 0 Å². The van der Waals surface area contributed by atoms with Crippen LogP contribution in [-0.4, -0.2) is 30.5 Å². The van der Waals surface area contributed by atoms with E-state index in [4.69, 9.17) is 24.0 Å². The van der Waals surface area contributed by atoms with Crippen molar-refractivity contribution in [2.45, 2.75) is 25.3 Å². The van der Waals surface area contributed by atoms with Crippen LogP contribution in [0.1, 0.15) is 35.4 Å². The first-order chi connectivity index (χ1) is 16.2. The minimum absolute atomic E-state index is 0.0682. The van der Waals surface area contributed by atoms with E-state index in [0.717, 1.165) is 16.8 Å². The molecule has 0 N–H and O–H groups in total. The zero-order valence-electron chi connectivity index (χ0n) is 17.5. The van der Waals surface area contributed by atoms with Gasteiger partial charge in [-0.25, -0.2) is 5.01 Å². The second-order valence-corrected chi connectivity index (χ2v) is 7.93. The fourth-order valence-electron chi connectivity index (χ4n) is 4.52. The highest BCUT2D eigenvalue weighted by Gasteiger charge is 2.42. The largest absolute Gasteiger partial charge is 0.486 e. The predicted molar refractivity (Wildman–Crippen MR) is 116 cm³/mol. The van der Waals surface area contributed by atoms with E-state index in [-0.39, 0.29) is 11.8 Å². The van der Waals surface area contributed by atoms with Gasteiger partial charge in [0.25, 0.3) is 0 Å². The molecule has 3 aromatic carbocycles. The Morgan fingerprint density at radius 3 is 2.48 bits per heavy atom. The summed E-state index contributed by atoms with van der Waals surface area (Å²) in [6.07, 6.45) is -0.0800. The van der Waals surface area contributed by atoms with Crippen LogP contribution in [0.15, 0.2) is 71.8 Å². The minimum Gasteiger partial charge on any atom is -0.486 e. The highest BCUT2D eigenvalue weighted by Crippen LogP contribution is 2.49. The molecular weight excluding hydrogens is 430 g/mol. The van der Waals surface area contributed by atoms with Gasteiger partial charge in [-0.3, -0.25) is 0 Å². The smallest absolute Gasteiger partial charge is 0.387 e. The number of hydrazone groups is 1. The van der Waals surface area contributed by atoms with Gasteiger partial charge in [-0.1, -0.05) is 30.3 Å². The van der Waals surface area contributed by atoms with Gasteiger partial charge in [-0.15, -0.1) is 0 Å². The number of alkyl halides is 2. The molecule has 0 radical (unpaired) electrons. The number of para-hydroxylation sites is 2. The first-order valence-corrected chi connectivity index (χ1v) is 10.7. The average Bonchev–Trinajstić information content (AvgIpc) is 3.29. The summed E-state index contributed by atoms with van der Waals surface area (Å²) in [6, 6.07) is 20.1. The Hall–Kier alpha value is -3.81. The lowest BCUT2D eigenvalue weighted by atomic mass is 9.95. The fraction of sp³-hybridized carbons (Fsp3) is 0.240. The van der Waals surface area contributed by atoms with E-state index < -0.39 is 12.8 Å². The minimum atomic E-state index is -2.94. The van der Waals surface area contributed by atoms with Crippen LogP contribution in [0.3, 0.4) is 0 Å². The van der Waals surface area contributed by atoms with E-state index in [9.17, 15) is 8.78 Å². The average molecular weight is 450 g/mol. The van der Waals surface area contributed by atoms with Crippen LogP contribution in [0.4, 0.5) is 8.78 Å². The second kappa shape index (κ2) is 7.95. The van der Waals surface area contributed by atoms with Crippen molar-refractivity contribution < 1.29 is 27.7 Å². The van der Waals surface area contributed by atoms with Gasteiger partial charge >= 0.3 is 6.61 Å². The summed E-state index contributed by atoms with van der Waals surface area (Å²) >= 11 is 0. The standard InChI is InChI=1S/C25H20F2N2O4/c26-25(27)33-21-8-4-2-6-17(21)24-29-19(16-5-1-3-7-20(16)32-24)14-18(28-29)15-9-10-22-23(13-15)31-12-11-30-22/h1-10,13,19,24-25H,11-12,14H2/t19-,24+/m0/s1. The Labute approximate surface area is 188 Å².